The van der Waals surface area contributed by atoms with Crippen molar-refractivity contribution < 1.29 is 9.90 Å². The number of anilines is 1. The third kappa shape index (κ3) is 2.90. The zero-order valence-electron chi connectivity index (χ0n) is 11.0. The van der Waals surface area contributed by atoms with E-state index in [9.17, 15) is 9.90 Å². The van der Waals surface area contributed by atoms with E-state index in [-0.39, 0.29) is 11.7 Å². The molecule has 3 aromatic rings. The van der Waals surface area contributed by atoms with Crippen LogP contribution in [0.2, 0.25) is 0 Å². The second-order valence-corrected chi connectivity index (χ2v) is 5.54. The molecule has 0 atom stereocenters. The molecule has 2 N–H and O–H groups in total. The van der Waals surface area contributed by atoms with Gasteiger partial charge in [0.05, 0.1) is 4.47 Å². The van der Waals surface area contributed by atoms with E-state index in [0.29, 0.717) is 10.0 Å². The summed E-state index contributed by atoms with van der Waals surface area (Å²) < 4.78 is 0.560. The topological polar surface area (TPSA) is 49.3 Å². The highest BCUT2D eigenvalue weighted by Gasteiger charge is 2.09. The summed E-state index contributed by atoms with van der Waals surface area (Å²) in [5, 5.41) is 14.6. The number of carbonyl (C=O) groups excluding carboxylic acids is 1. The average molecular weight is 342 g/mol. The third-order valence-corrected chi connectivity index (χ3v) is 3.89. The first-order valence-corrected chi connectivity index (χ1v) is 7.21. The molecule has 0 radical (unpaired) electrons. The van der Waals surface area contributed by atoms with Crippen molar-refractivity contribution in [2.75, 3.05) is 5.32 Å². The normalized spacial score (nSPS) is 10.5. The van der Waals surface area contributed by atoms with Crippen molar-refractivity contribution in [1.29, 1.82) is 0 Å². The van der Waals surface area contributed by atoms with Crippen LogP contribution < -0.4 is 5.32 Å². The number of amides is 1. The van der Waals surface area contributed by atoms with Crippen LogP contribution >= 0.6 is 15.9 Å². The third-order valence-electron chi connectivity index (χ3n) is 3.22. The molecule has 3 nitrogen and oxygen atoms in total. The minimum atomic E-state index is -0.256. The molecule has 0 fully saturated rings. The highest BCUT2D eigenvalue weighted by molar-refractivity contribution is 9.10. The van der Waals surface area contributed by atoms with Crippen LogP contribution in [0, 0.1) is 0 Å². The van der Waals surface area contributed by atoms with E-state index < -0.39 is 0 Å². The fraction of sp³-hybridized carbons (Fsp3) is 0. The number of nitrogens with one attached hydrogen (secondary N) is 1. The molecule has 3 rings (SSSR count). The molecule has 0 heterocycles. The van der Waals surface area contributed by atoms with Gasteiger partial charge in [0.2, 0.25) is 0 Å². The Morgan fingerprint density at radius 3 is 2.48 bits per heavy atom. The van der Waals surface area contributed by atoms with Gasteiger partial charge < -0.3 is 10.4 Å². The van der Waals surface area contributed by atoms with Crippen molar-refractivity contribution in [2.45, 2.75) is 0 Å². The molecule has 0 saturated heterocycles. The van der Waals surface area contributed by atoms with Crippen molar-refractivity contribution in [1.82, 2.24) is 0 Å². The standard InChI is InChI=1S/C17H12BrNO2/c18-15-8-6-13(10-16(15)20)17(21)19-14-7-5-11-3-1-2-4-12(11)9-14/h1-10,20H,(H,19,21). The molecule has 0 aliphatic heterocycles. The minimum absolute atomic E-state index is 0.0427. The van der Waals surface area contributed by atoms with Gasteiger partial charge in [-0.25, -0.2) is 0 Å². The van der Waals surface area contributed by atoms with Crippen LogP contribution in [0.25, 0.3) is 10.8 Å². The summed E-state index contributed by atoms with van der Waals surface area (Å²) in [6.45, 7) is 0. The number of fused-ring (bicyclic) bond motifs is 1. The summed E-state index contributed by atoms with van der Waals surface area (Å²) in [7, 11) is 0. The number of hydrogen-bond donors (Lipinski definition) is 2. The zero-order valence-corrected chi connectivity index (χ0v) is 12.6. The van der Waals surface area contributed by atoms with E-state index in [4.69, 9.17) is 0 Å². The van der Waals surface area contributed by atoms with Gasteiger partial charge in [-0.15, -0.1) is 0 Å². The lowest BCUT2D eigenvalue weighted by Gasteiger charge is -2.07. The van der Waals surface area contributed by atoms with E-state index in [1.165, 1.54) is 6.07 Å². The van der Waals surface area contributed by atoms with Gasteiger partial charge in [0.25, 0.3) is 5.91 Å². The van der Waals surface area contributed by atoms with Crippen LogP contribution in [-0.2, 0) is 0 Å². The maximum atomic E-state index is 12.2. The molecule has 1 amide bonds. The highest BCUT2D eigenvalue weighted by atomic mass is 79.9. The molecule has 0 aliphatic carbocycles. The minimum Gasteiger partial charge on any atom is -0.507 e. The lowest BCUT2D eigenvalue weighted by atomic mass is 10.1. The second kappa shape index (κ2) is 5.58. The first-order chi connectivity index (χ1) is 10.1. The largest absolute Gasteiger partial charge is 0.507 e. The van der Waals surface area contributed by atoms with Gasteiger partial charge in [-0.3, -0.25) is 4.79 Å². The molecular formula is C17H12BrNO2. The monoisotopic (exact) mass is 341 g/mol. The van der Waals surface area contributed by atoms with Gasteiger partial charge in [0, 0.05) is 11.3 Å². The maximum absolute atomic E-state index is 12.2. The predicted octanol–water partition coefficient (Wildman–Crippen LogP) is 4.56. The van der Waals surface area contributed by atoms with E-state index in [1.807, 2.05) is 42.5 Å². The Hall–Kier alpha value is -2.33. The average Bonchev–Trinajstić information content (AvgIpc) is 2.50. The van der Waals surface area contributed by atoms with Crippen molar-refractivity contribution in [3.63, 3.8) is 0 Å². The summed E-state index contributed by atoms with van der Waals surface area (Å²) in [5.41, 5.74) is 1.13. The first-order valence-electron chi connectivity index (χ1n) is 6.42. The molecule has 4 heteroatoms. The number of hydrogen-bond acceptors (Lipinski definition) is 2. The van der Waals surface area contributed by atoms with Crippen LogP contribution in [0.5, 0.6) is 5.75 Å². The fourth-order valence-corrected chi connectivity index (χ4v) is 2.37. The predicted molar refractivity (Wildman–Crippen MR) is 87.7 cm³/mol. The van der Waals surface area contributed by atoms with Gasteiger partial charge in [0.1, 0.15) is 5.75 Å². The van der Waals surface area contributed by atoms with E-state index in [1.54, 1.807) is 12.1 Å². The quantitative estimate of drug-likeness (QED) is 0.717. The van der Waals surface area contributed by atoms with Crippen LogP contribution in [0.15, 0.2) is 65.1 Å². The molecule has 21 heavy (non-hydrogen) atoms. The number of aromatic hydroxyl groups is 1. The highest BCUT2D eigenvalue weighted by Crippen LogP contribution is 2.25. The SMILES string of the molecule is O=C(Nc1ccc2ccccc2c1)c1ccc(Br)c(O)c1. The zero-order chi connectivity index (χ0) is 14.8. The summed E-state index contributed by atoms with van der Waals surface area (Å²) in [5.74, 6) is -0.214. The first kappa shape index (κ1) is 13.6. The second-order valence-electron chi connectivity index (χ2n) is 4.68. The molecule has 0 aliphatic rings. The van der Waals surface area contributed by atoms with Gasteiger partial charge in [-0.05, 0) is 57.0 Å². The van der Waals surface area contributed by atoms with Gasteiger partial charge in [-0.1, -0.05) is 30.3 Å². The number of halogens is 1. The van der Waals surface area contributed by atoms with Gasteiger partial charge in [0.15, 0.2) is 0 Å². The lowest BCUT2D eigenvalue weighted by molar-refractivity contribution is 0.102. The molecule has 3 aromatic carbocycles. The Bertz CT molecular complexity index is 830. The molecular weight excluding hydrogens is 330 g/mol. The Labute approximate surface area is 130 Å². The molecule has 0 aromatic heterocycles. The van der Waals surface area contributed by atoms with E-state index in [2.05, 4.69) is 21.2 Å². The number of benzene rings is 3. The van der Waals surface area contributed by atoms with Crippen molar-refractivity contribution in [3.8, 4) is 5.75 Å². The maximum Gasteiger partial charge on any atom is 0.255 e. The number of phenolic OH excluding ortho intramolecular Hbond substituents is 1. The number of phenols is 1. The van der Waals surface area contributed by atoms with Crippen LogP contribution in [-0.4, -0.2) is 11.0 Å². The van der Waals surface area contributed by atoms with Crippen LogP contribution in [0.4, 0.5) is 5.69 Å². The molecule has 0 spiro atoms. The molecule has 0 saturated carbocycles. The summed E-state index contributed by atoms with van der Waals surface area (Å²) >= 11 is 3.19. The van der Waals surface area contributed by atoms with Gasteiger partial charge >= 0.3 is 0 Å². The smallest absolute Gasteiger partial charge is 0.255 e. The van der Waals surface area contributed by atoms with Crippen molar-refractivity contribution in [2.24, 2.45) is 0 Å². The Morgan fingerprint density at radius 1 is 0.952 bits per heavy atom. The molecule has 0 bridgehead atoms. The van der Waals surface area contributed by atoms with Crippen molar-refractivity contribution >= 4 is 38.3 Å². The van der Waals surface area contributed by atoms with E-state index >= 15 is 0 Å². The molecule has 0 unspecified atom stereocenters. The Balaban J connectivity index is 1.87. The summed E-state index contributed by atoms with van der Waals surface area (Å²) in [6.07, 6.45) is 0. The number of rotatable bonds is 2. The van der Waals surface area contributed by atoms with Crippen LogP contribution in [0.1, 0.15) is 10.4 Å². The Kier molecular flexibility index (Phi) is 3.62. The fourth-order valence-electron chi connectivity index (χ4n) is 2.12. The summed E-state index contributed by atoms with van der Waals surface area (Å²) in [6, 6.07) is 18.4. The van der Waals surface area contributed by atoms with Gasteiger partial charge in [-0.2, -0.15) is 0 Å². The van der Waals surface area contributed by atoms with Crippen LogP contribution in [0.3, 0.4) is 0 Å². The lowest BCUT2D eigenvalue weighted by Crippen LogP contribution is -2.11. The molecule has 104 valence electrons. The Morgan fingerprint density at radius 2 is 1.71 bits per heavy atom. The number of carbonyl (C=O) groups is 1. The summed E-state index contributed by atoms with van der Waals surface area (Å²) in [4.78, 5) is 12.2. The van der Waals surface area contributed by atoms with E-state index in [0.717, 1.165) is 16.5 Å². The van der Waals surface area contributed by atoms with Crippen molar-refractivity contribution in [3.05, 3.63) is 70.7 Å².